The molecule has 1 saturated heterocycles. The second kappa shape index (κ2) is 6.20. The Morgan fingerprint density at radius 2 is 2.04 bits per heavy atom. The maximum absolute atomic E-state index is 5.54. The van der Waals surface area contributed by atoms with E-state index in [1.807, 2.05) is 22.7 Å². The summed E-state index contributed by atoms with van der Waals surface area (Å²) in [6.07, 6.45) is 3.92. The van der Waals surface area contributed by atoms with Crippen molar-refractivity contribution in [1.82, 2.24) is 19.6 Å². The van der Waals surface area contributed by atoms with Crippen LogP contribution in [-0.4, -0.2) is 45.4 Å². The largest absolute Gasteiger partial charge is 0.381 e. The first-order valence-corrected chi connectivity index (χ1v) is 8.32. The third-order valence-electron chi connectivity index (χ3n) is 4.76. The second-order valence-electron chi connectivity index (χ2n) is 6.26. The lowest BCUT2D eigenvalue weighted by atomic mass is 10.0. The number of anilines is 1. The molecule has 6 nitrogen and oxygen atoms in total. The summed E-state index contributed by atoms with van der Waals surface area (Å²) in [6, 6.07) is 12.7. The smallest absolute Gasteiger partial charge is 0.254 e. The van der Waals surface area contributed by atoms with Crippen LogP contribution in [-0.2, 0) is 4.74 Å². The second-order valence-corrected chi connectivity index (χ2v) is 6.26. The van der Waals surface area contributed by atoms with Crippen molar-refractivity contribution in [2.24, 2.45) is 0 Å². The van der Waals surface area contributed by atoms with Crippen LogP contribution in [0.1, 0.15) is 19.8 Å². The van der Waals surface area contributed by atoms with Crippen LogP contribution in [0.5, 0.6) is 0 Å². The van der Waals surface area contributed by atoms with E-state index in [0.29, 0.717) is 17.9 Å². The molecule has 24 heavy (non-hydrogen) atoms. The van der Waals surface area contributed by atoms with Gasteiger partial charge in [0.15, 0.2) is 0 Å². The molecule has 1 aliphatic rings. The molecule has 0 unspecified atom stereocenters. The van der Waals surface area contributed by atoms with Gasteiger partial charge in [-0.3, -0.25) is 0 Å². The van der Waals surface area contributed by atoms with E-state index in [1.54, 1.807) is 13.4 Å². The number of hydrogen-bond donors (Lipinski definition) is 0. The Kier molecular flexibility index (Phi) is 3.90. The quantitative estimate of drug-likeness (QED) is 0.742. The zero-order valence-corrected chi connectivity index (χ0v) is 14.0. The topological polar surface area (TPSA) is 55.5 Å². The molecule has 0 amide bonds. The Labute approximate surface area is 141 Å². The zero-order valence-electron chi connectivity index (χ0n) is 14.0. The van der Waals surface area contributed by atoms with Crippen molar-refractivity contribution in [2.45, 2.75) is 31.9 Å². The SMILES string of the molecule is CO[C@H]1CCN(c2cc(-c3ccccc3)nc3ncnn23)[C@@H](C)C1. The minimum absolute atomic E-state index is 0.331. The minimum Gasteiger partial charge on any atom is -0.381 e. The van der Waals surface area contributed by atoms with Crippen molar-refractivity contribution in [1.29, 1.82) is 0 Å². The standard InChI is InChI=1S/C18H21N5O/c1-13-10-15(24-2)8-9-22(13)17-11-16(14-6-4-3-5-7-14)21-18-19-12-20-23(17)18/h3-7,11-13,15H,8-10H2,1-2H3/t13-,15-/m0/s1. The van der Waals surface area contributed by atoms with E-state index in [9.17, 15) is 0 Å². The van der Waals surface area contributed by atoms with Crippen molar-refractivity contribution >= 4 is 11.6 Å². The van der Waals surface area contributed by atoms with Gasteiger partial charge in [-0.15, -0.1) is 0 Å². The molecule has 1 fully saturated rings. The lowest BCUT2D eigenvalue weighted by Gasteiger charge is -2.38. The number of nitrogens with zero attached hydrogens (tertiary/aromatic N) is 5. The first-order chi connectivity index (χ1) is 11.8. The summed E-state index contributed by atoms with van der Waals surface area (Å²) in [6.45, 7) is 3.17. The highest BCUT2D eigenvalue weighted by atomic mass is 16.5. The monoisotopic (exact) mass is 323 g/mol. The molecule has 0 radical (unpaired) electrons. The van der Waals surface area contributed by atoms with Gasteiger partial charge in [0.25, 0.3) is 5.78 Å². The first-order valence-electron chi connectivity index (χ1n) is 8.32. The van der Waals surface area contributed by atoms with Crippen LogP contribution in [0.2, 0.25) is 0 Å². The van der Waals surface area contributed by atoms with Crippen LogP contribution >= 0.6 is 0 Å². The lowest BCUT2D eigenvalue weighted by Crippen LogP contribution is -2.44. The fourth-order valence-corrected chi connectivity index (χ4v) is 3.44. The van der Waals surface area contributed by atoms with Gasteiger partial charge >= 0.3 is 0 Å². The maximum Gasteiger partial charge on any atom is 0.254 e. The fourth-order valence-electron chi connectivity index (χ4n) is 3.44. The first kappa shape index (κ1) is 15.1. The van der Waals surface area contributed by atoms with Crippen LogP contribution in [0.15, 0.2) is 42.7 Å². The minimum atomic E-state index is 0.331. The summed E-state index contributed by atoms with van der Waals surface area (Å²) < 4.78 is 7.37. The summed E-state index contributed by atoms with van der Waals surface area (Å²) in [5.41, 5.74) is 2.01. The molecule has 6 heteroatoms. The molecule has 0 spiro atoms. The number of fused-ring (bicyclic) bond motifs is 1. The third kappa shape index (κ3) is 2.63. The molecular formula is C18H21N5O. The molecule has 0 aliphatic carbocycles. The Morgan fingerprint density at radius 3 is 2.79 bits per heavy atom. The van der Waals surface area contributed by atoms with E-state index < -0.39 is 0 Å². The van der Waals surface area contributed by atoms with E-state index in [-0.39, 0.29) is 0 Å². The van der Waals surface area contributed by atoms with Crippen molar-refractivity contribution < 1.29 is 4.74 Å². The molecule has 1 aliphatic heterocycles. The van der Waals surface area contributed by atoms with Gasteiger partial charge in [-0.1, -0.05) is 30.3 Å². The molecule has 3 heterocycles. The number of ether oxygens (including phenoxy) is 1. The van der Waals surface area contributed by atoms with Crippen LogP contribution in [0.3, 0.4) is 0 Å². The third-order valence-corrected chi connectivity index (χ3v) is 4.76. The van der Waals surface area contributed by atoms with E-state index in [2.05, 4.69) is 45.1 Å². The van der Waals surface area contributed by atoms with Crippen molar-refractivity contribution in [3.05, 3.63) is 42.7 Å². The molecule has 0 saturated carbocycles. The van der Waals surface area contributed by atoms with Crippen molar-refractivity contribution in [3.63, 3.8) is 0 Å². The van der Waals surface area contributed by atoms with Gasteiger partial charge in [0.1, 0.15) is 12.1 Å². The average Bonchev–Trinajstić information content (AvgIpc) is 3.10. The Hall–Kier alpha value is -2.47. The predicted molar refractivity (Wildman–Crippen MR) is 93.1 cm³/mol. The van der Waals surface area contributed by atoms with E-state index in [1.165, 1.54) is 0 Å². The molecule has 4 rings (SSSR count). The molecular weight excluding hydrogens is 302 g/mol. The van der Waals surface area contributed by atoms with Gasteiger partial charge in [-0.25, -0.2) is 4.98 Å². The number of rotatable bonds is 3. The highest BCUT2D eigenvalue weighted by molar-refractivity contribution is 5.66. The maximum atomic E-state index is 5.54. The Balaban J connectivity index is 1.78. The predicted octanol–water partition coefficient (Wildman–Crippen LogP) is 2.80. The molecule has 124 valence electrons. The van der Waals surface area contributed by atoms with Gasteiger partial charge in [-0.2, -0.15) is 14.6 Å². The average molecular weight is 323 g/mol. The molecule has 0 bridgehead atoms. The van der Waals surface area contributed by atoms with Gasteiger partial charge < -0.3 is 9.64 Å². The Morgan fingerprint density at radius 1 is 1.21 bits per heavy atom. The van der Waals surface area contributed by atoms with Crippen LogP contribution in [0, 0.1) is 0 Å². The van der Waals surface area contributed by atoms with Gasteiger partial charge in [-0.05, 0) is 19.8 Å². The summed E-state index contributed by atoms with van der Waals surface area (Å²) >= 11 is 0. The molecule has 3 aromatic rings. The number of methoxy groups -OCH3 is 1. The molecule has 0 N–H and O–H groups in total. The van der Waals surface area contributed by atoms with Crippen LogP contribution in [0.4, 0.5) is 5.82 Å². The lowest BCUT2D eigenvalue weighted by molar-refractivity contribution is 0.0718. The number of benzene rings is 1. The summed E-state index contributed by atoms with van der Waals surface area (Å²) in [4.78, 5) is 11.3. The van der Waals surface area contributed by atoms with Crippen molar-refractivity contribution in [3.8, 4) is 11.3 Å². The van der Waals surface area contributed by atoms with E-state index in [4.69, 9.17) is 4.74 Å². The summed E-state index contributed by atoms with van der Waals surface area (Å²) in [5.74, 6) is 1.67. The zero-order chi connectivity index (χ0) is 16.5. The molecule has 1 aromatic carbocycles. The summed E-state index contributed by atoms with van der Waals surface area (Å²) in [5, 5.41) is 4.37. The van der Waals surface area contributed by atoms with Crippen LogP contribution in [0.25, 0.3) is 17.0 Å². The van der Waals surface area contributed by atoms with Gasteiger partial charge in [0, 0.05) is 31.3 Å². The van der Waals surface area contributed by atoms with Gasteiger partial charge in [0.05, 0.1) is 11.8 Å². The van der Waals surface area contributed by atoms with Crippen LogP contribution < -0.4 is 4.90 Å². The molecule has 2 atom stereocenters. The normalized spacial score (nSPS) is 21.3. The summed E-state index contributed by atoms with van der Waals surface area (Å²) in [7, 11) is 1.79. The number of aromatic nitrogens is 4. The number of piperidine rings is 1. The van der Waals surface area contributed by atoms with E-state index in [0.717, 1.165) is 36.5 Å². The van der Waals surface area contributed by atoms with Crippen molar-refractivity contribution in [2.75, 3.05) is 18.6 Å². The van der Waals surface area contributed by atoms with E-state index >= 15 is 0 Å². The highest BCUT2D eigenvalue weighted by Crippen LogP contribution is 2.29. The highest BCUT2D eigenvalue weighted by Gasteiger charge is 2.27. The molecule has 2 aromatic heterocycles. The number of hydrogen-bond acceptors (Lipinski definition) is 5. The van der Waals surface area contributed by atoms with Gasteiger partial charge in [0.2, 0.25) is 0 Å². The fraction of sp³-hybridized carbons (Fsp3) is 0.389. The Bertz CT molecular complexity index is 832.